The van der Waals surface area contributed by atoms with Crippen molar-refractivity contribution >= 4 is 28.8 Å². The monoisotopic (exact) mass is 386 g/mol. The zero-order valence-corrected chi connectivity index (χ0v) is 16.4. The van der Waals surface area contributed by atoms with Crippen LogP contribution in [0.25, 0.3) is 10.9 Å². The molecule has 8 heteroatoms. The number of aromatic amines is 1. The van der Waals surface area contributed by atoms with Crippen molar-refractivity contribution in [3.8, 4) is 0 Å². The summed E-state index contributed by atoms with van der Waals surface area (Å²) >= 11 is 0. The summed E-state index contributed by atoms with van der Waals surface area (Å²) in [7, 11) is 0. The van der Waals surface area contributed by atoms with Crippen LogP contribution in [0.2, 0.25) is 0 Å². The van der Waals surface area contributed by atoms with Gasteiger partial charge in [0.1, 0.15) is 11.3 Å². The van der Waals surface area contributed by atoms with Gasteiger partial charge in [-0.15, -0.1) is 0 Å². The smallest absolute Gasteiger partial charge is 0.407 e. The fraction of sp³-hybridized carbons (Fsp3) is 0.450. The first-order valence-electron chi connectivity index (χ1n) is 9.40. The number of benzene rings is 1. The van der Waals surface area contributed by atoms with Crippen LogP contribution in [0.5, 0.6) is 0 Å². The predicted octanol–water partition coefficient (Wildman–Crippen LogP) is 2.27. The van der Waals surface area contributed by atoms with Crippen LogP contribution >= 0.6 is 0 Å². The van der Waals surface area contributed by atoms with Gasteiger partial charge in [-0.1, -0.05) is 0 Å². The van der Waals surface area contributed by atoms with E-state index in [4.69, 9.17) is 4.74 Å². The molecule has 0 bridgehead atoms. The zero-order chi connectivity index (χ0) is 20.3. The largest absolute Gasteiger partial charge is 0.444 e. The second kappa shape index (κ2) is 7.92. The Balaban J connectivity index is 1.53. The molecule has 28 heavy (non-hydrogen) atoms. The van der Waals surface area contributed by atoms with Crippen LogP contribution in [0.15, 0.2) is 24.3 Å². The minimum Gasteiger partial charge on any atom is -0.444 e. The van der Waals surface area contributed by atoms with Gasteiger partial charge in [0.05, 0.1) is 0 Å². The van der Waals surface area contributed by atoms with E-state index in [1.54, 1.807) is 43.9 Å². The number of likely N-dealkylation sites (tertiary alicyclic amines) is 1. The highest BCUT2D eigenvalue weighted by molar-refractivity contribution is 6.01. The number of rotatable bonds is 5. The zero-order valence-electron chi connectivity index (χ0n) is 16.4. The summed E-state index contributed by atoms with van der Waals surface area (Å²) in [4.78, 5) is 41.1. The third-order valence-corrected chi connectivity index (χ3v) is 4.33. The van der Waals surface area contributed by atoms with Gasteiger partial charge in [0.25, 0.3) is 11.8 Å². The Morgan fingerprint density at radius 2 is 1.82 bits per heavy atom. The Kier molecular flexibility index (Phi) is 5.58. The Labute approximate surface area is 163 Å². The molecule has 1 aliphatic rings. The summed E-state index contributed by atoms with van der Waals surface area (Å²) < 4.78 is 5.13. The van der Waals surface area contributed by atoms with E-state index in [1.807, 2.05) is 6.07 Å². The third kappa shape index (κ3) is 4.82. The standard InChI is InChI=1S/C20H26N4O4/c1-20(2,3)28-19(27)22-8-7-21-17(25)16-12-14-11-13(5-6-15(14)23-16)18(26)24-9-4-10-24/h5-6,11-12,23H,4,7-10H2,1-3H3,(H,21,25)(H,22,27). The molecule has 1 aromatic carbocycles. The highest BCUT2D eigenvalue weighted by atomic mass is 16.6. The second-order valence-corrected chi connectivity index (χ2v) is 7.82. The molecule has 1 fully saturated rings. The highest BCUT2D eigenvalue weighted by Crippen LogP contribution is 2.20. The number of hydrogen-bond acceptors (Lipinski definition) is 4. The molecular weight excluding hydrogens is 360 g/mol. The molecule has 1 saturated heterocycles. The lowest BCUT2D eigenvalue weighted by molar-refractivity contribution is 0.0526. The summed E-state index contributed by atoms with van der Waals surface area (Å²) in [5.74, 6) is -0.258. The van der Waals surface area contributed by atoms with E-state index < -0.39 is 11.7 Å². The first-order valence-corrected chi connectivity index (χ1v) is 9.40. The van der Waals surface area contributed by atoms with E-state index in [0.29, 0.717) is 11.3 Å². The van der Waals surface area contributed by atoms with E-state index in [1.165, 1.54) is 0 Å². The van der Waals surface area contributed by atoms with Crippen LogP contribution in [0.4, 0.5) is 4.79 Å². The average molecular weight is 386 g/mol. The molecule has 2 heterocycles. The number of alkyl carbamates (subject to hydrolysis) is 1. The van der Waals surface area contributed by atoms with Gasteiger partial charge in [-0.05, 0) is 51.5 Å². The third-order valence-electron chi connectivity index (χ3n) is 4.33. The highest BCUT2D eigenvalue weighted by Gasteiger charge is 2.22. The summed E-state index contributed by atoms with van der Waals surface area (Å²) in [6.07, 6.45) is 0.525. The van der Waals surface area contributed by atoms with Crippen molar-refractivity contribution < 1.29 is 19.1 Å². The summed E-state index contributed by atoms with van der Waals surface area (Å²) in [6, 6.07) is 7.10. The topological polar surface area (TPSA) is 104 Å². The molecular formula is C20H26N4O4. The van der Waals surface area contributed by atoms with Gasteiger partial charge in [-0.3, -0.25) is 9.59 Å². The van der Waals surface area contributed by atoms with Crippen molar-refractivity contribution in [2.75, 3.05) is 26.2 Å². The van der Waals surface area contributed by atoms with Crippen LogP contribution in [-0.4, -0.2) is 59.6 Å². The quantitative estimate of drug-likeness (QED) is 0.686. The van der Waals surface area contributed by atoms with Gasteiger partial charge < -0.3 is 25.3 Å². The number of carbonyl (C=O) groups excluding carboxylic acids is 3. The average Bonchev–Trinajstić information content (AvgIpc) is 2.98. The molecule has 3 amide bonds. The lowest BCUT2D eigenvalue weighted by atomic mass is 10.1. The molecule has 1 aliphatic heterocycles. The summed E-state index contributed by atoms with van der Waals surface area (Å²) in [5.41, 5.74) is 1.26. The van der Waals surface area contributed by atoms with Crippen molar-refractivity contribution in [3.63, 3.8) is 0 Å². The fourth-order valence-electron chi connectivity index (χ4n) is 2.84. The van der Waals surface area contributed by atoms with Gasteiger partial charge in [0.15, 0.2) is 0 Å². The van der Waals surface area contributed by atoms with E-state index in [-0.39, 0.29) is 24.9 Å². The molecule has 0 spiro atoms. The molecule has 0 unspecified atom stereocenters. The lowest BCUT2D eigenvalue weighted by Gasteiger charge is -2.30. The van der Waals surface area contributed by atoms with E-state index in [2.05, 4.69) is 15.6 Å². The number of amides is 3. The molecule has 0 radical (unpaired) electrons. The Bertz CT molecular complexity index is 893. The maximum absolute atomic E-state index is 12.3. The number of hydrogen-bond donors (Lipinski definition) is 3. The SMILES string of the molecule is CC(C)(C)OC(=O)NCCNC(=O)c1cc2cc(C(=O)N3CCC3)ccc2[nH]1. The number of ether oxygens (including phenoxy) is 1. The van der Waals surface area contributed by atoms with Crippen molar-refractivity contribution in [2.45, 2.75) is 32.8 Å². The molecule has 3 rings (SSSR count). The lowest BCUT2D eigenvalue weighted by Crippen LogP contribution is -2.41. The maximum Gasteiger partial charge on any atom is 0.407 e. The number of H-pyrrole nitrogens is 1. The first kappa shape index (κ1) is 19.7. The van der Waals surface area contributed by atoms with Crippen molar-refractivity contribution in [1.82, 2.24) is 20.5 Å². The van der Waals surface area contributed by atoms with Gasteiger partial charge in [0.2, 0.25) is 0 Å². The molecule has 0 atom stereocenters. The molecule has 0 aliphatic carbocycles. The summed E-state index contributed by atoms with van der Waals surface area (Å²) in [6.45, 7) is 7.48. The number of aromatic nitrogens is 1. The van der Waals surface area contributed by atoms with Crippen LogP contribution in [0.1, 0.15) is 48.0 Å². The van der Waals surface area contributed by atoms with Gasteiger partial charge in [0, 0.05) is 42.6 Å². The molecule has 2 aromatic rings. The molecule has 1 aromatic heterocycles. The maximum atomic E-state index is 12.3. The number of fused-ring (bicyclic) bond motifs is 1. The first-order chi connectivity index (χ1) is 13.2. The van der Waals surface area contributed by atoms with Crippen LogP contribution in [-0.2, 0) is 4.74 Å². The summed E-state index contributed by atoms with van der Waals surface area (Å²) in [5, 5.41) is 6.13. The van der Waals surface area contributed by atoms with E-state index in [0.717, 1.165) is 30.4 Å². The molecule has 150 valence electrons. The predicted molar refractivity (Wildman–Crippen MR) is 105 cm³/mol. The molecule has 8 nitrogen and oxygen atoms in total. The number of nitrogens with zero attached hydrogens (tertiary/aromatic N) is 1. The van der Waals surface area contributed by atoms with Crippen LogP contribution in [0.3, 0.4) is 0 Å². The Morgan fingerprint density at radius 1 is 1.11 bits per heavy atom. The minimum atomic E-state index is -0.562. The Morgan fingerprint density at radius 3 is 2.46 bits per heavy atom. The minimum absolute atomic E-state index is 0.0218. The van der Waals surface area contributed by atoms with Crippen LogP contribution < -0.4 is 10.6 Å². The fourth-order valence-corrected chi connectivity index (χ4v) is 2.84. The number of carbonyl (C=O) groups is 3. The van der Waals surface area contributed by atoms with Crippen molar-refractivity contribution in [3.05, 3.63) is 35.5 Å². The van der Waals surface area contributed by atoms with Crippen molar-refractivity contribution in [2.24, 2.45) is 0 Å². The van der Waals surface area contributed by atoms with Gasteiger partial charge >= 0.3 is 6.09 Å². The van der Waals surface area contributed by atoms with E-state index in [9.17, 15) is 14.4 Å². The van der Waals surface area contributed by atoms with Crippen LogP contribution in [0, 0.1) is 0 Å². The van der Waals surface area contributed by atoms with Gasteiger partial charge in [-0.2, -0.15) is 0 Å². The molecule has 3 N–H and O–H groups in total. The van der Waals surface area contributed by atoms with Gasteiger partial charge in [-0.25, -0.2) is 4.79 Å². The Hall–Kier alpha value is -3.03. The number of nitrogens with one attached hydrogen (secondary N) is 3. The van der Waals surface area contributed by atoms with E-state index >= 15 is 0 Å². The van der Waals surface area contributed by atoms with Crippen molar-refractivity contribution in [1.29, 1.82) is 0 Å². The second-order valence-electron chi connectivity index (χ2n) is 7.82. The molecule has 0 saturated carbocycles. The normalized spacial score (nSPS) is 13.8.